The Morgan fingerprint density at radius 1 is 1.04 bits per heavy atom. The van der Waals surface area contributed by atoms with Crippen LogP contribution < -0.4 is 10.1 Å². The SMILES string of the molecule is O=[N+]([O-])c1ccc(NCc2cc(Br)ccc2OCc2ccccc2F)cc1. The summed E-state index contributed by atoms with van der Waals surface area (Å²) in [5.41, 5.74) is 2.14. The van der Waals surface area contributed by atoms with Crippen molar-refractivity contribution in [2.24, 2.45) is 0 Å². The third-order valence-corrected chi connectivity index (χ3v) is 4.42. The van der Waals surface area contributed by atoms with Gasteiger partial charge in [0.05, 0.1) is 4.92 Å². The first-order chi connectivity index (χ1) is 13.0. The Hall–Kier alpha value is -2.93. The van der Waals surface area contributed by atoms with Gasteiger partial charge in [0.15, 0.2) is 0 Å². The van der Waals surface area contributed by atoms with Crippen LogP contribution in [0.5, 0.6) is 5.75 Å². The van der Waals surface area contributed by atoms with Gasteiger partial charge in [-0.25, -0.2) is 4.39 Å². The molecule has 0 saturated carbocycles. The number of hydrogen-bond donors (Lipinski definition) is 1. The van der Waals surface area contributed by atoms with Crippen LogP contribution in [0, 0.1) is 15.9 Å². The summed E-state index contributed by atoms with van der Waals surface area (Å²) in [4.78, 5) is 10.3. The Labute approximate surface area is 164 Å². The van der Waals surface area contributed by atoms with E-state index in [-0.39, 0.29) is 18.1 Å². The van der Waals surface area contributed by atoms with Crippen LogP contribution in [0.1, 0.15) is 11.1 Å². The number of halogens is 2. The van der Waals surface area contributed by atoms with E-state index in [1.807, 2.05) is 18.2 Å². The molecule has 27 heavy (non-hydrogen) atoms. The van der Waals surface area contributed by atoms with E-state index in [1.54, 1.807) is 30.3 Å². The summed E-state index contributed by atoms with van der Waals surface area (Å²) in [7, 11) is 0. The molecule has 3 aromatic carbocycles. The third kappa shape index (κ3) is 5.04. The summed E-state index contributed by atoms with van der Waals surface area (Å²) in [5, 5.41) is 13.9. The highest BCUT2D eigenvalue weighted by Gasteiger charge is 2.08. The topological polar surface area (TPSA) is 64.4 Å². The first-order valence-corrected chi connectivity index (χ1v) is 8.95. The Kier molecular flexibility index (Phi) is 6.03. The van der Waals surface area contributed by atoms with Crippen LogP contribution in [-0.2, 0) is 13.2 Å². The molecule has 0 aromatic heterocycles. The molecular formula is C20H16BrFN2O3. The van der Waals surface area contributed by atoms with Gasteiger partial charge in [-0.3, -0.25) is 10.1 Å². The van der Waals surface area contributed by atoms with Crippen molar-refractivity contribution in [2.75, 3.05) is 5.32 Å². The molecule has 0 spiro atoms. The maximum atomic E-state index is 13.8. The van der Waals surface area contributed by atoms with Gasteiger partial charge >= 0.3 is 0 Å². The molecule has 3 rings (SSSR count). The molecule has 0 amide bonds. The summed E-state index contributed by atoms with van der Waals surface area (Å²) < 4.78 is 20.5. The lowest BCUT2D eigenvalue weighted by molar-refractivity contribution is -0.384. The number of nitro groups is 1. The molecule has 1 N–H and O–H groups in total. The van der Waals surface area contributed by atoms with Crippen LogP contribution in [0.25, 0.3) is 0 Å². The number of ether oxygens (including phenoxy) is 1. The van der Waals surface area contributed by atoms with Gasteiger partial charge in [0.2, 0.25) is 0 Å². The Morgan fingerprint density at radius 3 is 2.48 bits per heavy atom. The average Bonchev–Trinajstić information content (AvgIpc) is 2.67. The van der Waals surface area contributed by atoms with Gasteiger partial charge in [-0.2, -0.15) is 0 Å². The van der Waals surface area contributed by atoms with Crippen molar-refractivity contribution in [1.82, 2.24) is 0 Å². The lowest BCUT2D eigenvalue weighted by Gasteiger charge is -2.14. The monoisotopic (exact) mass is 430 g/mol. The lowest BCUT2D eigenvalue weighted by atomic mass is 10.2. The minimum atomic E-state index is -0.438. The van der Waals surface area contributed by atoms with Gasteiger partial charge in [-0.15, -0.1) is 0 Å². The van der Waals surface area contributed by atoms with Crippen molar-refractivity contribution in [2.45, 2.75) is 13.2 Å². The number of rotatable bonds is 7. The molecule has 0 unspecified atom stereocenters. The van der Waals surface area contributed by atoms with Gasteiger partial charge in [0, 0.05) is 40.0 Å². The number of non-ortho nitro benzene ring substituents is 1. The fraction of sp³-hybridized carbons (Fsp3) is 0.100. The standard InChI is InChI=1S/C20H16BrFN2O3/c21-16-5-10-20(27-13-14-3-1-2-4-19(14)22)15(11-16)12-23-17-6-8-18(9-7-17)24(25)26/h1-11,23H,12-13H2. The van der Waals surface area contributed by atoms with Crippen LogP contribution >= 0.6 is 15.9 Å². The molecule has 7 heteroatoms. The van der Waals surface area contributed by atoms with Gasteiger partial charge in [-0.05, 0) is 36.4 Å². The van der Waals surface area contributed by atoms with E-state index >= 15 is 0 Å². The highest BCUT2D eigenvalue weighted by molar-refractivity contribution is 9.10. The molecule has 0 atom stereocenters. The first-order valence-electron chi connectivity index (χ1n) is 8.16. The Morgan fingerprint density at radius 2 is 1.78 bits per heavy atom. The van der Waals surface area contributed by atoms with Crippen LogP contribution in [0.15, 0.2) is 71.2 Å². The second-order valence-corrected chi connectivity index (χ2v) is 6.71. The zero-order valence-corrected chi connectivity index (χ0v) is 15.8. The largest absolute Gasteiger partial charge is 0.488 e. The normalized spacial score (nSPS) is 10.4. The molecule has 3 aromatic rings. The van der Waals surface area contributed by atoms with Crippen LogP contribution in [-0.4, -0.2) is 4.92 Å². The predicted octanol–water partition coefficient (Wildman–Crippen LogP) is 5.69. The summed E-state index contributed by atoms with van der Waals surface area (Å²) in [6.45, 7) is 0.572. The van der Waals surface area contributed by atoms with Crippen molar-refractivity contribution in [1.29, 1.82) is 0 Å². The highest BCUT2D eigenvalue weighted by atomic mass is 79.9. The van der Waals surface area contributed by atoms with E-state index in [0.717, 1.165) is 15.7 Å². The minimum absolute atomic E-state index is 0.0388. The molecule has 0 bridgehead atoms. The van der Waals surface area contributed by atoms with E-state index in [2.05, 4.69) is 21.2 Å². The molecular weight excluding hydrogens is 415 g/mol. The minimum Gasteiger partial charge on any atom is -0.488 e. The first kappa shape index (κ1) is 18.8. The summed E-state index contributed by atoms with van der Waals surface area (Å²) in [6.07, 6.45) is 0. The van der Waals surface area contributed by atoms with E-state index in [9.17, 15) is 14.5 Å². The zero-order chi connectivity index (χ0) is 19.2. The molecule has 0 saturated heterocycles. The third-order valence-electron chi connectivity index (χ3n) is 3.92. The smallest absolute Gasteiger partial charge is 0.269 e. The van der Waals surface area contributed by atoms with E-state index < -0.39 is 4.92 Å². The molecule has 5 nitrogen and oxygen atoms in total. The molecule has 0 radical (unpaired) electrons. The second kappa shape index (κ2) is 8.64. The summed E-state index contributed by atoms with van der Waals surface area (Å²) in [5.74, 6) is 0.330. The van der Waals surface area contributed by atoms with Crippen molar-refractivity contribution >= 4 is 27.3 Å². The number of nitrogens with zero attached hydrogens (tertiary/aromatic N) is 1. The lowest BCUT2D eigenvalue weighted by Crippen LogP contribution is -2.05. The van der Waals surface area contributed by atoms with Crippen LogP contribution in [0.3, 0.4) is 0 Å². The molecule has 0 aliphatic heterocycles. The van der Waals surface area contributed by atoms with Crippen molar-refractivity contribution < 1.29 is 14.1 Å². The maximum Gasteiger partial charge on any atom is 0.269 e. The number of benzene rings is 3. The molecule has 0 fully saturated rings. The number of nitro benzene ring substituents is 1. The maximum absolute atomic E-state index is 13.8. The predicted molar refractivity (Wildman–Crippen MR) is 105 cm³/mol. The fourth-order valence-electron chi connectivity index (χ4n) is 2.50. The Balaban J connectivity index is 1.70. The van der Waals surface area contributed by atoms with Gasteiger partial charge in [0.1, 0.15) is 18.2 Å². The number of hydrogen-bond acceptors (Lipinski definition) is 4. The quantitative estimate of drug-likeness (QED) is 0.386. The van der Waals surface area contributed by atoms with Crippen LogP contribution in [0.4, 0.5) is 15.8 Å². The fourth-order valence-corrected chi connectivity index (χ4v) is 2.90. The zero-order valence-electron chi connectivity index (χ0n) is 14.2. The molecule has 0 aliphatic rings. The van der Waals surface area contributed by atoms with Gasteiger partial charge < -0.3 is 10.1 Å². The molecule has 138 valence electrons. The van der Waals surface area contributed by atoms with E-state index in [0.29, 0.717) is 17.9 Å². The molecule has 0 aliphatic carbocycles. The van der Waals surface area contributed by atoms with Crippen molar-refractivity contribution in [3.63, 3.8) is 0 Å². The number of anilines is 1. The number of nitrogens with one attached hydrogen (secondary N) is 1. The van der Waals surface area contributed by atoms with Gasteiger partial charge in [0.25, 0.3) is 5.69 Å². The van der Waals surface area contributed by atoms with E-state index in [4.69, 9.17) is 4.74 Å². The summed E-state index contributed by atoms with van der Waals surface area (Å²) >= 11 is 3.44. The van der Waals surface area contributed by atoms with Crippen LogP contribution in [0.2, 0.25) is 0 Å². The average molecular weight is 431 g/mol. The second-order valence-electron chi connectivity index (χ2n) is 5.79. The van der Waals surface area contributed by atoms with Crippen molar-refractivity contribution in [3.05, 3.63) is 98.3 Å². The Bertz CT molecular complexity index is 948. The van der Waals surface area contributed by atoms with Crippen molar-refractivity contribution in [3.8, 4) is 5.75 Å². The summed E-state index contributed by atoms with van der Waals surface area (Å²) in [6, 6.07) is 18.3. The van der Waals surface area contributed by atoms with Gasteiger partial charge in [-0.1, -0.05) is 34.1 Å². The highest BCUT2D eigenvalue weighted by Crippen LogP contribution is 2.26. The van der Waals surface area contributed by atoms with E-state index in [1.165, 1.54) is 18.2 Å². The molecule has 0 heterocycles.